The Morgan fingerprint density at radius 3 is 2.73 bits per heavy atom. The van der Waals surface area contributed by atoms with Crippen LogP contribution in [0.25, 0.3) is 0 Å². The number of halogens is 3. The van der Waals surface area contributed by atoms with Crippen LogP contribution in [0.1, 0.15) is 23.2 Å². The monoisotopic (exact) mass is 318 g/mol. The molecule has 1 fully saturated rings. The first-order chi connectivity index (χ1) is 10.4. The van der Waals surface area contributed by atoms with Crippen molar-refractivity contribution < 1.29 is 27.4 Å². The van der Waals surface area contributed by atoms with Crippen molar-refractivity contribution in [3.63, 3.8) is 0 Å². The summed E-state index contributed by atoms with van der Waals surface area (Å²) in [6.07, 6.45) is -2.30. The second-order valence-electron chi connectivity index (χ2n) is 4.95. The van der Waals surface area contributed by atoms with E-state index in [1.165, 1.54) is 25.4 Å². The highest BCUT2D eigenvalue weighted by Crippen LogP contribution is 2.26. The van der Waals surface area contributed by atoms with Crippen LogP contribution >= 0.6 is 0 Å². The molecule has 5 nitrogen and oxygen atoms in total. The number of carbonyl (C=O) groups excluding carboxylic acids is 1. The summed E-state index contributed by atoms with van der Waals surface area (Å²) in [5, 5.41) is 0. The van der Waals surface area contributed by atoms with Gasteiger partial charge < -0.3 is 14.4 Å². The molecule has 0 saturated carbocycles. The highest BCUT2D eigenvalue weighted by molar-refractivity contribution is 5.96. The summed E-state index contributed by atoms with van der Waals surface area (Å²) >= 11 is 0. The number of alkyl halides is 3. The van der Waals surface area contributed by atoms with E-state index >= 15 is 0 Å². The number of amides is 1. The molecule has 0 aromatic carbocycles. The van der Waals surface area contributed by atoms with E-state index in [0.717, 1.165) is 4.90 Å². The smallest absolute Gasteiger partial charge is 0.406 e. The van der Waals surface area contributed by atoms with Gasteiger partial charge in [-0.2, -0.15) is 13.2 Å². The van der Waals surface area contributed by atoms with Crippen molar-refractivity contribution in [2.45, 2.75) is 25.1 Å². The Morgan fingerprint density at radius 1 is 1.45 bits per heavy atom. The summed E-state index contributed by atoms with van der Waals surface area (Å²) in [4.78, 5) is 17.3. The fraction of sp³-hybridized carbons (Fsp3) is 0.571. The zero-order valence-corrected chi connectivity index (χ0v) is 12.1. The summed E-state index contributed by atoms with van der Waals surface area (Å²) in [5.41, 5.74) is 0.0285. The lowest BCUT2D eigenvalue weighted by atomic mass is 10.1. The normalized spacial score (nSPS) is 16.4. The Bertz CT molecular complexity index is 516. The van der Waals surface area contributed by atoms with Crippen LogP contribution in [0.3, 0.4) is 0 Å². The Labute approximate surface area is 126 Å². The molecule has 1 saturated heterocycles. The molecule has 22 heavy (non-hydrogen) atoms. The van der Waals surface area contributed by atoms with Gasteiger partial charge in [0.05, 0.1) is 7.11 Å². The molecule has 0 spiro atoms. The molecular weight excluding hydrogens is 301 g/mol. The first-order valence-electron chi connectivity index (χ1n) is 6.87. The quantitative estimate of drug-likeness (QED) is 0.854. The van der Waals surface area contributed by atoms with Crippen molar-refractivity contribution >= 4 is 5.91 Å². The summed E-state index contributed by atoms with van der Waals surface area (Å²) in [5.74, 6) is -0.707. The maximum absolute atomic E-state index is 12.8. The van der Waals surface area contributed by atoms with Crippen LogP contribution in [0, 0.1) is 0 Å². The van der Waals surface area contributed by atoms with Gasteiger partial charge in [-0.05, 0) is 25.0 Å². The number of hydrogen-bond acceptors (Lipinski definition) is 4. The molecule has 0 radical (unpaired) electrons. The number of ether oxygens (including phenoxy) is 2. The number of nitrogens with zero attached hydrogens (tertiary/aromatic N) is 2. The SMILES string of the molecule is COc1ncccc1C(=O)N(CC(F)(F)F)C1CCOCC1. The maximum atomic E-state index is 12.8. The molecule has 0 unspecified atom stereocenters. The second-order valence-corrected chi connectivity index (χ2v) is 4.95. The van der Waals surface area contributed by atoms with Crippen LogP contribution in [0.15, 0.2) is 18.3 Å². The van der Waals surface area contributed by atoms with Crippen molar-refractivity contribution in [3.05, 3.63) is 23.9 Å². The van der Waals surface area contributed by atoms with Gasteiger partial charge in [0, 0.05) is 25.5 Å². The van der Waals surface area contributed by atoms with Crippen molar-refractivity contribution in [3.8, 4) is 5.88 Å². The molecule has 1 amide bonds. The number of carbonyl (C=O) groups is 1. The van der Waals surface area contributed by atoms with Crippen LogP contribution in [0.2, 0.25) is 0 Å². The molecule has 1 aliphatic rings. The standard InChI is InChI=1S/C14H17F3N2O3/c1-21-12-11(3-2-6-18-12)13(20)19(9-14(15,16)17)10-4-7-22-8-5-10/h2-3,6,10H,4-5,7-9H2,1H3. The van der Waals surface area contributed by atoms with Gasteiger partial charge in [-0.25, -0.2) is 4.98 Å². The largest absolute Gasteiger partial charge is 0.480 e. The minimum absolute atomic E-state index is 0.0201. The molecule has 1 aromatic rings. The molecule has 1 aromatic heterocycles. The van der Waals surface area contributed by atoms with E-state index in [4.69, 9.17) is 9.47 Å². The highest BCUT2D eigenvalue weighted by atomic mass is 19.4. The Kier molecular flexibility index (Phi) is 5.23. The molecule has 0 N–H and O–H groups in total. The van der Waals surface area contributed by atoms with Gasteiger partial charge in [-0.3, -0.25) is 4.79 Å². The topological polar surface area (TPSA) is 51.7 Å². The van der Waals surface area contributed by atoms with Crippen LogP contribution < -0.4 is 4.74 Å². The predicted octanol–water partition coefficient (Wildman–Crippen LogP) is 2.27. The fourth-order valence-corrected chi connectivity index (χ4v) is 2.43. The summed E-state index contributed by atoms with van der Waals surface area (Å²) in [6, 6.07) is 2.40. The fourth-order valence-electron chi connectivity index (χ4n) is 2.43. The third-order valence-corrected chi connectivity index (χ3v) is 3.44. The molecule has 0 aliphatic carbocycles. The molecule has 0 atom stereocenters. The van der Waals surface area contributed by atoms with Crippen LogP contribution in [-0.2, 0) is 4.74 Å². The van der Waals surface area contributed by atoms with Crippen molar-refractivity contribution in [2.75, 3.05) is 26.9 Å². The summed E-state index contributed by atoms with van der Waals surface area (Å²) in [7, 11) is 1.32. The average molecular weight is 318 g/mol. The first-order valence-corrected chi connectivity index (χ1v) is 6.87. The third-order valence-electron chi connectivity index (χ3n) is 3.44. The minimum atomic E-state index is -4.47. The predicted molar refractivity (Wildman–Crippen MR) is 71.7 cm³/mol. The second kappa shape index (κ2) is 6.95. The van der Waals surface area contributed by atoms with E-state index in [0.29, 0.717) is 26.1 Å². The van der Waals surface area contributed by atoms with Gasteiger partial charge in [0.15, 0.2) is 0 Å². The lowest BCUT2D eigenvalue weighted by Crippen LogP contribution is -2.48. The first kappa shape index (κ1) is 16.5. The van der Waals surface area contributed by atoms with E-state index in [9.17, 15) is 18.0 Å². The van der Waals surface area contributed by atoms with Gasteiger partial charge in [-0.1, -0.05) is 0 Å². The third kappa shape index (κ3) is 4.09. The van der Waals surface area contributed by atoms with Crippen LogP contribution in [0.4, 0.5) is 13.2 Å². The number of hydrogen-bond donors (Lipinski definition) is 0. The molecular formula is C14H17F3N2O3. The Hall–Kier alpha value is -1.83. The number of pyridine rings is 1. The van der Waals surface area contributed by atoms with E-state index in [1.54, 1.807) is 0 Å². The van der Waals surface area contributed by atoms with Crippen molar-refractivity contribution in [1.29, 1.82) is 0 Å². The number of rotatable bonds is 4. The number of aromatic nitrogens is 1. The molecule has 8 heteroatoms. The van der Waals surface area contributed by atoms with Gasteiger partial charge >= 0.3 is 6.18 Å². The van der Waals surface area contributed by atoms with E-state index in [2.05, 4.69) is 4.98 Å². The van der Waals surface area contributed by atoms with Gasteiger partial charge in [0.1, 0.15) is 12.1 Å². The van der Waals surface area contributed by atoms with Gasteiger partial charge in [0.25, 0.3) is 5.91 Å². The Morgan fingerprint density at radius 2 is 2.14 bits per heavy atom. The molecule has 122 valence electrons. The summed E-state index contributed by atoms with van der Waals surface area (Å²) in [6.45, 7) is -0.610. The van der Waals surface area contributed by atoms with Crippen molar-refractivity contribution in [1.82, 2.24) is 9.88 Å². The Balaban J connectivity index is 2.28. The molecule has 0 bridgehead atoms. The van der Waals surface area contributed by atoms with Gasteiger partial charge in [0.2, 0.25) is 5.88 Å². The van der Waals surface area contributed by atoms with E-state index in [-0.39, 0.29) is 11.4 Å². The van der Waals surface area contributed by atoms with Crippen LogP contribution in [-0.4, -0.2) is 54.9 Å². The van der Waals surface area contributed by atoms with Crippen molar-refractivity contribution in [2.24, 2.45) is 0 Å². The van der Waals surface area contributed by atoms with Crippen LogP contribution in [0.5, 0.6) is 5.88 Å². The van der Waals surface area contributed by atoms with Gasteiger partial charge in [-0.15, -0.1) is 0 Å². The average Bonchev–Trinajstić information content (AvgIpc) is 2.52. The minimum Gasteiger partial charge on any atom is -0.480 e. The zero-order valence-electron chi connectivity index (χ0n) is 12.1. The van der Waals surface area contributed by atoms with E-state index < -0.39 is 24.7 Å². The van der Waals surface area contributed by atoms with E-state index in [1.807, 2.05) is 0 Å². The highest BCUT2D eigenvalue weighted by Gasteiger charge is 2.38. The lowest BCUT2D eigenvalue weighted by Gasteiger charge is -2.35. The number of methoxy groups -OCH3 is 1. The molecule has 1 aliphatic heterocycles. The maximum Gasteiger partial charge on any atom is 0.406 e. The zero-order chi connectivity index (χ0) is 16.2. The molecule has 2 rings (SSSR count). The lowest BCUT2D eigenvalue weighted by molar-refractivity contribution is -0.147. The molecule has 2 heterocycles. The summed E-state index contributed by atoms with van der Waals surface area (Å²) < 4.78 is 48.7.